The van der Waals surface area contributed by atoms with E-state index < -0.39 is 41.3 Å². The number of ether oxygens (including phenoxy) is 3. The second-order valence-corrected chi connectivity index (χ2v) is 10.7. The normalized spacial score (nSPS) is 30.9. The molecule has 0 aromatic heterocycles. The lowest BCUT2D eigenvalue weighted by atomic mass is 9.50. The number of aromatic hydroxyl groups is 1. The number of piperidine rings is 1. The number of ketones is 1. The van der Waals surface area contributed by atoms with Crippen LogP contribution in [0.2, 0.25) is 0 Å². The topological polar surface area (TPSA) is 143 Å². The maximum atomic E-state index is 12.9. The summed E-state index contributed by atoms with van der Waals surface area (Å²) in [5.74, 6) is -1.28. The van der Waals surface area contributed by atoms with E-state index in [-0.39, 0.29) is 49.0 Å². The number of Topliss-reactive ketones (excluding diaryl/α,β-unsaturated/α-hetero) is 1. The summed E-state index contributed by atoms with van der Waals surface area (Å²) in [5, 5.41) is 32.0. The molecular weight excluding hydrogens is 482 g/mol. The number of phenolic OH excluding ortho intramolecular Hbond substituents is 1. The number of phenols is 1. The molecule has 2 heterocycles. The molecule has 1 aromatic carbocycles. The fourth-order valence-electron chi connectivity index (χ4n) is 6.56. The largest absolute Gasteiger partial charge is 0.504 e. The molecule has 6 atom stereocenters. The minimum atomic E-state index is -1.21. The number of hydrogen-bond donors (Lipinski definition) is 3. The number of likely N-dealkylation sites (tertiary alicyclic amines) is 1. The summed E-state index contributed by atoms with van der Waals surface area (Å²) in [5.41, 5.74) is -0.265. The molecule has 4 aliphatic rings. The lowest BCUT2D eigenvalue weighted by Crippen LogP contribution is -2.74. The standard InChI is InChI=1S/C27H33NO9/c1-14(29)17(30)5-4-6-21(32)35-15(2)25(33)36-19-9-10-27(34)20-13-16-7-8-18(31)23-22(16)26(27,24(19)37-23)11-12-28(20)3/h7-9,14-15,20,24,29,31,34H,4-6,10-13H2,1-3H3/t14-,15-,20+,24?,26?,27+/m0/s1. The highest BCUT2D eigenvalue weighted by Crippen LogP contribution is 2.65. The maximum absolute atomic E-state index is 12.9. The van der Waals surface area contributed by atoms with Crippen molar-refractivity contribution >= 4 is 17.7 Å². The van der Waals surface area contributed by atoms with Gasteiger partial charge in [-0.3, -0.25) is 9.59 Å². The Morgan fingerprint density at radius 1 is 1.24 bits per heavy atom. The van der Waals surface area contributed by atoms with Crippen molar-refractivity contribution in [3.05, 3.63) is 35.1 Å². The highest BCUT2D eigenvalue weighted by molar-refractivity contribution is 5.83. The average molecular weight is 516 g/mol. The van der Waals surface area contributed by atoms with Crippen molar-refractivity contribution in [3.63, 3.8) is 0 Å². The molecule has 5 rings (SSSR count). The van der Waals surface area contributed by atoms with Gasteiger partial charge < -0.3 is 34.4 Å². The first-order valence-electron chi connectivity index (χ1n) is 12.8. The van der Waals surface area contributed by atoms with Crippen LogP contribution < -0.4 is 4.74 Å². The first-order valence-corrected chi connectivity index (χ1v) is 12.8. The summed E-state index contributed by atoms with van der Waals surface area (Å²) in [6.07, 6.45) is 0.124. The van der Waals surface area contributed by atoms with E-state index in [1.807, 2.05) is 13.1 Å². The van der Waals surface area contributed by atoms with Gasteiger partial charge in [-0.15, -0.1) is 0 Å². The molecule has 0 saturated carbocycles. The summed E-state index contributed by atoms with van der Waals surface area (Å²) in [6, 6.07) is 3.30. The van der Waals surface area contributed by atoms with E-state index in [0.29, 0.717) is 25.1 Å². The maximum Gasteiger partial charge on any atom is 0.352 e. The van der Waals surface area contributed by atoms with Crippen molar-refractivity contribution in [2.24, 2.45) is 0 Å². The van der Waals surface area contributed by atoms with Crippen LogP contribution in [0.4, 0.5) is 0 Å². The number of nitrogens with zero attached hydrogens (tertiary/aromatic N) is 1. The molecule has 2 aliphatic carbocycles. The van der Waals surface area contributed by atoms with Crippen LogP contribution in [0.15, 0.2) is 24.0 Å². The monoisotopic (exact) mass is 515 g/mol. The minimum absolute atomic E-state index is 0.0238. The number of benzene rings is 1. The second-order valence-electron chi connectivity index (χ2n) is 10.7. The Bertz CT molecular complexity index is 1180. The quantitative estimate of drug-likeness (QED) is 0.433. The molecule has 200 valence electrons. The summed E-state index contributed by atoms with van der Waals surface area (Å²) < 4.78 is 17.2. The van der Waals surface area contributed by atoms with Gasteiger partial charge in [0.15, 0.2) is 29.5 Å². The van der Waals surface area contributed by atoms with Crippen LogP contribution in [-0.2, 0) is 35.7 Å². The highest BCUT2D eigenvalue weighted by atomic mass is 16.6. The SMILES string of the molecule is C[C@H](O)C(=O)CCCC(=O)O[C@@H](C)C(=O)OC1=CC[C@@]2(O)[C@H]3Cc4ccc(O)c5c4C2(CCN3C)C1O5. The summed E-state index contributed by atoms with van der Waals surface area (Å²) in [6.45, 7) is 3.47. The zero-order chi connectivity index (χ0) is 26.7. The van der Waals surface area contributed by atoms with E-state index in [2.05, 4.69) is 4.90 Å². The number of likely N-dealkylation sites (N-methyl/N-ethyl adjacent to an activating group) is 1. The highest BCUT2D eigenvalue weighted by Gasteiger charge is 2.72. The Morgan fingerprint density at radius 2 is 2.00 bits per heavy atom. The Labute approximate surface area is 214 Å². The van der Waals surface area contributed by atoms with Crippen molar-refractivity contribution in [1.29, 1.82) is 0 Å². The molecule has 0 amide bonds. The Kier molecular flexibility index (Phi) is 6.32. The van der Waals surface area contributed by atoms with Gasteiger partial charge in [0.25, 0.3) is 0 Å². The van der Waals surface area contributed by atoms with Gasteiger partial charge in [0.1, 0.15) is 11.9 Å². The summed E-state index contributed by atoms with van der Waals surface area (Å²) in [7, 11) is 1.99. The van der Waals surface area contributed by atoms with Gasteiger partial charge in [0, 0.05) is 30.9 Å². The number of rotatable bonds is 8. The second kappa shape index (κ2) is 9.11. The number of carbonyl (C=O) groups excluding carboxylic acids is 3. The van der Waals surface area contributed by atoms with Gasteiger partial charge in [0.2, 0.25) is 0 Å². The van der Waals surface area contributed by atoms with Gasteiger partial charge in [0.05, 0.1) is 11.0 Å². The van der Waals surface area contributed by atoms with E-state index in [4.69, 9.17) is 14.2 Å². The van der Waals surface area contributed by atoms with E-state index in [9.17, 15) is 29.7 Å². The number of aliphatic hydroxyl groups is 2. The molecule has 1 saturated heterocycles. The molecule has 1 spiro atoms. The molecule has 10 nitrogen and oxygen atoms in total. The fourth-order valence-corrected chi connectivity index (χ4v) is 6.56. The van der Waals surface area contributed by atoms with Gasteiger partial charge in [-0.05, 0) is 64.4 Å². The van der Waals surface area contributed by atoms with Crippen LogP contribution in [0.25, 0.3) is 0 Å². The van der Waals surface area contributed by atoms with Crippen LogP contribution in [0.5, 0.6) is 11.5 Å². The lowest BCUT2D eigenvalue weighted by Gasteiger charge is -2.61. The third kappa shape index (κ3) is 3.84. The molecule has 1 fully saturated rings. The van der Waals surface area contributed by atoms with E-state index in [1.165, 1.54) is 13.8 Å². The average Bonchev–Trinajstić information content (AvgIpc) is 3.20. The van der Waals surface area contributed by atoms with E-state index in [1.54, 1.807) is 12.1 Å². The smallest absolute Gasteiger partial charge is 0.352 e. The zero-order valence-corrected chi connectivity index (χ0v) is 21.2. The van der Waals surface area contributed by atoms with Crippen molar-refractivity contribution < 1.29 is 43.9 Å². The lowest BCUT2D eigenvalue weighted by molar-refractivity contribution is -0.175. The van der Waals surface area contributed by atoms with Crippen LogP contribution in [-0.4, -0.2) is 81.5 Å². The first kappa shape index (κ1) is 25.7. The van der Waals surface area contributed by atoms with Crippen LogP contribution in [0, 0.1) is 0 Å². The van der Waals surface area contributed by atoms with Crippen LogP contribution in [0.3, 0.4) is 0 Å². The fraction of sp³-hybridized carbons (Fsp3) is 0.593. The summed E-state index contributed by atoms with van der Waals surface area (Å²) in [4.78, 5) is 38.7. The van der Waals surface area contributed by atoms with Crippen molar-refractivity contribution in [3.8, 4) is 11.5 Å². The van der Waals surface area contributed by atoms with E-state index >= 15 is 0 Å². The molecule has 37 heavy (non-hydrogen) atoms. The molecule has 0 radical (unpaired) electrons. The van der Waals surface area contributed by atoms with Gasteiger partial charge in [-0.1, -0.05) is 6.07 Å². The first-order chi connectivity index (χ1) is 17.5. The molecule has 2 aliphatic heterocycles. The number of hydrogen-bond acceptors (Lipinski definition) is 10. The molecule has 2 bridgehead atoms. The van der Waals surface area contributed by atoms with Gasteiger partial charge >= 0.3 is 11.9 Å². The molecular formula is C27H33NO9. The third-order valence-corrected chi connectivity index (χ3v) is 8.48. The molecule has 1 aromatic rings. The third-order valence-electron chi connectivity index (χ3n) is 8.48. The van der Waals surface area contributed by atoms with Crippen LogP contribution in [0.1, 0.15) is 57.1 Å². The van der Waals surface area contributed by atoms with Gasteiger partial charge in [-0.25, -0.2) is 4.79 Å². The molecule has 3 N–H and O–H groups in total. The summed E-state index contributed by atoms with van der Waals surface area (Å²) >= 11 is 0. The van der Waals surface area contributed by atoms with Crippen molar-refractivity contribution in [2.75, 3.05) is 13.6 Å². The Morgan fingerprint density at radius 3 is 2.73 bits per heavy atom. The molecule has 2 unspecified atom stereocenters. The van der Waals surface area contributed by atoms with Crippen molar-refractivity contribution in [2.45, 2.75) is 87.7 Å². The van der Waals surface area contributed by atoms with E-state index in [0.717, 1.165) is 11.1 Å². The zero-order valence-electron chi connectivity index (χ0n) is 21.2. The van der Waals surface area contributed by atoms with Crippen LogP contribution >= 0.6 is 0 Å². The molecule has 10 heteroatoms. The predicted octanol–water partition coefficient (Wildman–Crippen LogP) is 1.26. The van der Waals surface area contributed by atoms with Gasteiger partial charge in [-0.2, -0.15) is 0 Å². The number of carbonyl (C=O) groups is 3. The Hall–Kier alpha value is -2.95. The number of esters is 2. The van der Waals surface area contributed by atoms with Crippen molar-refractivity contribution in [1.82, 2.24) is 4.90 Å². The number of aliphatic hydroxyl groups excluding tert-OH is 1. The minimum Gasteiger partial charge on any atom is -0.504 e. The predicted molar refractivity (Wildman–Crippen MR) is 129 cm³/mol. The Balaban J connectivity index is 1.33.